The van der Waals surface area contributed by atoms with Gasteiger partial charge in [-0.15, -0.1) is 0 Å². The van der Waals surface area contributed by atoms with Crippen molar-refractivity contribution >= 4 is 12.0 Å². The van der Waals surface area contributed by atoms with Gasteiger partial charge in [0.15, 0.2) is 0 Å². The average Bonchev–Trinajstić information content (AvgIpc) is 2.43. The highest BCUT2D eigenvalue weighted by Crippen LogP contribution is 2.13. The molecule has 1 aliphatic rings. The maximum absolute atomic E-state index is 11.9. The number of carbonyl (C=O) groups is 2. The van der Waals surface area contributed by atoms with Crippen molar-refractivity contribution in [1.29, 1.82) is 0 Å². The number of carboxylic acid groups (broad SMARTS) is 1. The first kappa shape index (κ1) is 16.8. The van der Waals surface area contributed by atoms with Gasteiger partial charge >= 0.3 is 12.0 Å². The Morgan fingerprint density at radius 1 is 1.25 bits per heavy atom. The molecule has 0 aromatic carbocycles. The second-order valence-electron chi connectivity index (χ2n) is 5.08. The maximum atomic E-state index is 11.9. The monoisotopic (exact) mass is 286 g/mol. The molecule has 20 heavy (non-hydrogen) atoms. The zero-order chi connectivity index (χ0) is 14.8. The average molecular weight is 286 g/mol. The first-order valence-corrected chi connectivity index (χ1v) is 7.49. The zero-order valence-electron chi connectivity index (χ0n) is 12.3. The minimum Gasteiger partial charge on any atom is -0.481 e. The van der Waals surface area contributed by atoms with Gasteiger partial charge in [0.25, 0.3) is 0 Å². The van der Waals surface area contributed by atoms with Crippen LogP contribution < -0.4 is 5.32 Å². The van der Waals surface area contributed by atoms with Gasteiger partial charge in [0.1, 0.15) is 0 Å². The van der Waals surface area contributed by atoms with Crippen molar-refractivity contribution in [2.75, 3.05) is 26.2 Å². The molecule has 0 aromatic heterocycles. The van der Waals surface area contributed by atoms with Crippen molar-refractivity contribution in [1.82, 2.24) is 10.2 Å². The minimum absolute atomic E-state index is 0.0156. The predicted octanol–water partition coefficient (Wildman–Crippen LogP) is 1.84. The Morgan fingerprint density at radius 2 is 1.95 bits per heavy atom. The molecule has 6 nitrogen and oxygen atoms in total. The van der Waals surface area contributed by atoms with E-state index in [-0.39, 0.29) is 12.5 Å². The van der Waals surface area contributed by atoms with E-state index in [0.717, 1.165) is 45.4 Å². The number of hydrogen-bond acceptors (Lipinski definition) is 3. The Balaban J connectivity index is 2.04. The molecule has 1 fully saturated rings. The maximum Gasteiger partial charge on any atom is 0.317 e. The number of rotatable bonds is 8. The van der Waals surface area contributed by atoms with E-state index in [2.05, 4.69) is 5.32 Å². The van der Waals surface area contributed by atoms with Crippen LogP contribution in [-0.4, -0.2) is 54.4 Å². The molecule has 0 bridgehead atoms. The quantitative estimate of drug-likeness (QED) is 0.667. The molecular weight excluding hydrogens is 260 g/mol. The van der Waals surface area contributed by atoms with Crippen molar-refractivity contribution in [3.8, 4) is 0 Å². The molecule has 0 spiro atoms. The van der Waals surface area contributed by atoms with Gasteiger partial charge < -0.3 is 20.1 Å². The number of carboxylic acids is 1. The van der Waals surface area contributed by atoms with Crippen LogP contribution in [0.1, 0.15) is 45.4 Å². The van der Waals surface area contributed by atoms with Gasteiger partial charge in [-0.3, -0.25) is 4.79 Å². The Bertz CT molecular complexity index is 302. The Hall–Kier alpha value is -1.30. The second-order valence-corrected chi connectivity index (χ2v) is 5.08. The van der Waals surface area contributed by atoms with Gasteiger partial charge in [-0.05, 0) is 32.6 Å². The first-order chi connectivity index (χ1) is 9.63. The molecule has 2 N–H and O–H groups in total. The molecule has 1 rings (SSSR count). The van der Waals surface area contributed by atoms with E-state index in [1.54, 1.807) is 0 Å². The van der Waals surface area contributed by atoms with Crippen LogP contribution in [0.25, 0.3) is 0 Å². The summed E-state index contributed by atoms with van der Waals surface area (Å²) in [5, 5.41) is 11.4. The van der Waals surface area contributed by atoms with Gasteiger partial charge in [0, 0.05) is 32.7 Å². The Morgan fingerprint density at radius 3 is 2.55 bits per heavy atom. The molecule has 2 amide bonds. The van der Waals surface area contributed by atoms with E-state index >= 15 is 0 Å². The van der Waals surface area contributed by atoms with E-state index < -0.39 is 5.97 Å². The van der Waals surface area contributed by atoms with Crippen LogP contribution in [0.5, 0.6) is 0 Å². The van der Waals surface area contributed by atoms with Gasteiger partial charge in [-0.25, -0.2) is 4.79 Å². The van der Waals surface area contributed by atoms with Crippen LogP contribution in [0.3, 0.4) is 0 Å². The number of amides is 2. The molecular formula is C14H26N2O4. The fourth-order valence-electron chi connectivity index (χ4n) is 2.35. The number of nitrogens with one attached hydrogen (secondary N) is 1. The van der Waals surface area contributed by atoms with E-state index in [1.165, 1.54) is 0 Å². The summed E-state index contributed by atoms with van der Waals surface area (Å²) in [5.41, 5.74) is 0. The molecule has 6 heteroatoms. The zero-order valence-corrected chi connectivity index (χ0v) is 12.3. The summed E-state index contributed by atoms with van der Waals surface area (Å²) in [6, 6.07) is -0.0156. The molecule has 0 saturated carbocycles. The highest BCUT2D eigenvalue weighted by Gasteiger charge is 2.22. The third-order valence-electron chi connectivity index (χ3n) is 3.48. The lowest BCUT2D eigenvalue weighted by Gasteiger charge is -2.31. The van der Waals surface area contributed by atoms with Crippen LogP contribution in [0.2, 0.25) is 0 Å². The third kappa shape index (κ3) is 6.75. The summed E-state index contributed by atoms with van der Waals surface area (Å²) in [6.07, 6.45) is 4.64. The number of urea groups is 1. The van der Waals surface area contributed by atoms with Crippen molar-refractivity contribution in [2.24, 2.45) is 0 Å². The van der Waals surface area contributed by atoms with E-state index in [1.807, 2.05) is 11.8 Å². The Kier molecular flexibility index (Phi) is 8.02. The molecule has 0 unspecified atom stereocenters. The van der Waals surface area contributed by atoms with Crippen LogP contribution in [-0.2, 0) is 9.53 Å². The highest BCUT2D eigenvalue weighted by atomic mass is 16.5. The van der Waals surface area contributed by atoms with Crippen molar-refractivity contribution in [3.05, 3.63) is 0 Å². The number of likely N-dealkylation sites (tertiary alicyclic amines) is 1. The van der Waals surface area contributed by atoms with Crippen LogP contribution in [0.4, 0.5) is 4.79 Å². The summed E-state index contributed by atoms with van der Waals surface area (Å²) in [6.45, 7) is 4.82. The molecule has 0 radical (unpaired) electrons. The normalized spacial score (nSPS) is 16.1. The lowest BCUT2D eigenvalue weighted by Crippen LogP contribution is -2.46. The summed E-state index contributed by atoms with van der Waals surface area (Å²) in [5.74, 6) is -0.758. The summed E-state index contributed by atoms with van der Waals surface area (Å²) in [7, 11) is 0. The predicted molar refractivity (Wildman–Crippen MR) is 75.7 cm³/mol. The van der Waals surface area contributed by atoms with Crippen LogP contribution in [0, 0.1) is 0 Å². The number of ether oxygens (including phenoxy) is 1. The summed E-state index contributed by atoms with van der Waals surface area (Å²) < 4.78 is 5.55. The topological polar surface area (TPSA) is 78.9 Å². The lowest BCUT2D eigenvalue weighted by atomic mass is 10.1. The summed E-state index contributed by atoms with van der Waals surface area (Å²) >= 11 is 0. The second kappa shape index (κ2) is 9.58. The van der Waals surface area contributed by atoms with Gasteiger partial charge in [0.05, 0.1) is 6.10 Å². The van der Waals surface area contributed by atoms with Gasteiger partial charge in [-0.2, -0.15) is 0 Å². The SMILES string of the molecule is CCOC1CCN(C(=O)NCCCCCC(=O)O)CC1. The van der Waals surface area contributed by atoms with Crippen molar-refractivity contribution in [3.63, 3.8) is 0 Å². The van der Waals surface area contributed by atoms with E-state index in [4.69, 9.17) is 9.84 Å². The number of aliphatic carboxylic acids is 1. The molecule has 0 aromatic rings. The van der Waals surface area contributed by atoms with Crippen LogP contribution in [0.15, 0.2) is 0 Å². The third-order valence-corrected chi connectivity index (χ3v) is 3.48. The molecule has 0 atom stereocenters. The lowest BCUT2D eigenvalue weighted by molar-refractivity contribution is -0.137. The minimum atomic E-state index is -0.758. The van der Waals surface area contributed by atoms with E-state index in [9.17, 15) is 9.59 Å². The largest absolute Gasteiger partial charge is 0.481 e. The molecule has 0 aliphatic carbocycles. The fourth-order valence-corrected chi connectivity index (χ4v) is 2.35. The number of hydrogen-bond donors (Lipinski definition) is 2. The van der Waals surface area contributed by atoms with Crippen molar-refractivity contribution < 1.29 is 19.4 Å². The number of carbonyl (C=O) groups excluding carboxylic acids is 1. The summed E-state index contributed by atoms with van der Waals surface area (Å²) in [4.78, 5) is 24.0. The smallest absolute Gasteiger partial charge is 0.317 e. The fraction of sp³-hybridized carbons (Fsp3) is 0.857. The number of nitrogens with zero attached hydrogens (tertiary/aromatic N) is 1. The molecule has 116 valence electrons. The van der Waals surface area contributed by atoms with Crippen LogP contribution >= 0.6 is 0 Å². The number of unbranched alkanes of at least 4 members (excludes halogenated alkanes) is 2. The Labute approximate surface area is 120 Å². The molecule has 1 heterocycles. The van der Waals surface area contributed by atoms with E-state index in [0.29, 0.717) is 19.1 Å². The number of piperidine rings is 1. The standard InChI is InChI=1S/C14H26N2O4/c1-2-20-12-7-10-16(11-8-12)14(19)15-9-5-3-4-6-13(17)18/h12H,2-11H2,1H3,(H,15,19)(H,17,18). The van der Waals surface area contributed by atoms with Gasteiger partial charge in [0.2, 0.25) is 0 Å². The first-order valence-electron chi connectivity index (χ1n) is 7.49. The molecule has 1 saturated heterocycles. The van der Waals surface area contributed by atoms with Crippen molar-refractivity contribution in [2.45, 2.75) is 51.6 Å². The molecule has 1 aliphatic heterocycles. The highest BCUT2D eigenvalue weighted by molar-refractivity contribution is 5.74. The van der Waals surface area contributed by atoms with Gasteiger partial charge in [-0.1, -0.05) is 6.42 Å².